The van der Waals surface area contributed by atoms with E-state index in [2.05, 4.69) is 0 Å². The molecule has 1 aromatic rings. The van der Waals surface area contributed by atoms with Gasteiger partial charge in [-0.3, -0.25) is 0 Å². The average Bonchev–Trinajstić information content (AvgIpc) is 2.06. The second kappa shape index (κ2) is 6.60. The van der Waals surface area contributed by atoms with Gasteiger partial charge in [-0.05, 0) is 12.1 Å². The summed E-state index contributed by atoms with van der Waals surface area (Å²) in [5.41, 5.74) is 0. The average molecular weight is 458 g/mol. The molecule has 0 aliphatic rings. The summed E-state index contributed by atoms with van der Waals surface area (Å²) in [7, 11) is 0. The van der Waals surface area contributed by atoms with E-state index < -0.39 is 12.0 Å². The Morgan fingerprint density at radius 1 is 0.929 bits per heavy atom. The van der Waals surface area contributed by atoms with Gasteiger partial charge < -0.3 is 18.8 Å². The van der Waals surface area contributed by atoms with Crippen molar-refractivity contribution in [3.05, 3.63) is 24.3 Å². The van der Waals surface area contributed by atoms with Gasteiger partial charge in [-0.15, -0.1) is 0 Å². The van der Waals surface area contributed by atoms with Crippen LogP contribution in [0.2, 0.25) is 0 Å². The van der Waals surface area contributed by atoms with Crippen molar-refractivity contribution >= 4 is 56.1 Å². The van der Waals surface area contributed by atoms with Gasteiger partial charge in [-0.1, -0.05) is 12.1 Å². The topological polar surface area (TPSA) is 58.9 Å². The molecule has 0 bridgehead atoms. The molecule has 0 aliphatic carbocycles. The first-order valence-corrected chi connectivity index (χ1v) is 11.3. The first-order chi connectivity index (χ1) is 6.59. The van der Waals surface area contributed by atoms with Crippen molar-refractivity contribution < 1.29 is 18.8 Å². The van der Waals surface area contributed by atoms with Crippen LogP contribution in [0, 0.1) is 0 Å². The van der Waals surface area contributed by atoms with Crippen LogP contribution in [0.3, 0.4) is 0 Å². The van der Waals surface area contributed by atoms with Crippen LogP contribution in [0.4, 0.5) is 0 Å². The molecule has 0 saturated heterocycles. The largest absolute Gasteiger partial charge is 0.436 e. The van der Waals surface area contributed by atoms with Crippen LogP contribution in [0.1, 0.15) is 0 Å². The van der Waals surface area contributed by atoms with Gasteiger partial charge in [0.15, 0.2) is 11.5 Å². The van der Waals surface area contributed by atoms with Gasteiger partial charge in [-0.25, -0.2) is 0 Å². The summed E-state index contributed by atoms with van der Waals surface area (Å²) in [5.74, 6) is 0.877. The summed E-state index contributed by atoms with van der Waals surface area (Å²) in [4.78, 5) is 18.2. The fourth-order valence-electron chi connectivity index (χ4n) is 0.763. The Bertz CT molecular complexity index is 268. The fraction of sp³-hybridized carbons (Fsp3) is 0. The van der Waals surface area contributed by atoms with Crippen molar-refractivity contribution in [3.8, 4) is 11.5 Å². The highest BCUT2D eigenvalue weighted by atomic mass is 127. The Labute approximate surface area is 110 Å². The summed E-state index contributed by atoms with van der Waals surface area (Å²) >= 11 is 3.56. The van der Waals surface area contributed by atoms with E-state index in [4.69, 9.17) is 18.8 Å². The molecule has 0 aliphatic heterocycles. The lowest BCUT2D eigenvalue weighted by Gasteiger charge is -2.12. The third kappa shape index (κ3) is 4.72. The van der Waals surface area contributed by atoms with E-state index in [0.29, 0.717) is 11.5 Å². The highest BCUT2D eigenvalue weighted by Crippen LogP contribution is 2.49. The molecule has 2 atom stereocenters. The van der Waals surface area contributed by atoms with Crippen molar-refractivity contribution in [1.82, 2.24) is 0 Å². The highest BCUT2D eigenvalue weighted by molar-refractivity contribution is 14.2. The maximum atomic E-state index is 9.08. The van der Waals surface area contributed by atoms with Gasteiger partial charge in [0.25, 0.3) is 12.0 Å². The second-order valence-electron chi connectivity index (χ2n) is 2.08. The highest BCUT2D eigenvalue weighted by Gasteiger charge is 2.11. The molecule has 0 saturated carbocycles. The lowest BCUT2D eigenvalue weighted by atomic mass is 10.3. The van der Waals surface area contributed by atoms with E-state index in [1.165, 1.54) is 0 Å². The molecule has 8 heteroatoms. The maximum Gasteiger partial charge on any atom is 0.296 e. The van der Waals surface area contributed by atoms with Crippen LogP contribution in [0.25, 0.3) is 0 Å². The van der Waals surface area contributed by atoms with Gasteiger partial charge >= 0.3 is 0 Å². The number of hydrogen-bond donors (Lipinski definition) is 2. The quantitative estimate of drug-likeness (QED) is 0.534. The van der Waals surface area contributed by atoms with Crippen LogP contribution in [0.5, 0.6) is 11.5 Å². The molecule has 14 heavy (non-hydrogen) atoms. The summed E-state index contributed by atoms with van der Waals surface area (Å²) in [6.07, 6.45) is 0. The molecule has 4 nitrogen and oxygen atoms in total. The molecule has 0 spiro atoms. The molecule has 0 fully saturated rings. The fourth-order valence-corrected chi connectivity index (χ4v) is 2.66. The van der Waals surface area contributed by atoms with Crippen molar-refractivity contribution in [2.75, 3.05) is 0 Å². The van der Waals surface area contributed by atoms with Crippen molar-refractivity contribution in [2.24, 2.45) is 0 Å². The van der Waals surface area contributed by atoms with Crippen LogP contribution < -0.4 is 9.05 Å². The Morgan fingerprint density at radius 3 is 1.57 bits per heavy atom. The minimum atomic E-state index is -1.50. The first-order valence-electron chi connectivity index (χ1n) is 3.34. The second-order valence-corrected chi connectivity index (χ2v) is 8.30. The molecular formula is C6H6I2O4P2. The Morgan fingerprint density at radius 2 is 1.29 bits per heavy atom. The summed E-state index contributed by atoms with van der Waals surface area (Å²) in [6.45, 7) is 0. The molecule has 1 aromatic carbocycles. The first kappa shape index (κ1) is 13.1. The van der Waals surface area contributed by atoms with Crippen LogP contribution in [-0.4, -0.2) is 9.79 Å². The molecular weight excluding hydrogens is 452 g/mol. The van der Waals surface area contributed by atoms with Crippen LogP contribution in [-0.2, 0) is 0 Å². The number of para-hydroxylation sites is 2. The monoisotopic (exact) mass is 458 g/mol. The number of halogens is 2. The van der Waals surface area contributed by atoms with Gasteiger partial charge in [0.1, 0.15) is 0 Å². The minimum absolute atomic E-state index is 0.439. The molecule has 78 valence electrons. The molecule has 0 amide bonds. The third-order valence-electron chi connectivity index (χ3n) is 1.20. The molecule has 2 N–H and O–H groups in total. The SMILES string of the molecule is OP(I)Oc1ccccc1OP(O)I. The predicted octanol–water partition coefficient (Wildman–Crippen LogP) is 3.75. The molecule has 0 radical (unpaired) electrons. The lowest BCUT2D eigenvalue weighted by molar-refractivity contribution is 0.468. The summed E-state index contributed by atoms with van der Waals surface area (Å²) in [6, 6.07) is 3.88. The zero-order valence-corrected chi connectivity index (χ0v) is 12.8. The Hall–Kier alpha value is 1.06. The summed E-state index contributed by atoms with van der Waals surface area (Å²) in [5, 5.41) is 0. The van der Waals surface area contributed by atoms with Gasteiger partial charge in [0, 0.05) is 44.1 Å². The lowest BCUT2D eigenvalue weighted by Crippen LogP contribution is -1.87. The van der Waals surface area contributed by atoms with Crippen molar-refractivity contribution in [1.29, 1.82) is 0 Å². The van der Waals surface area contributed by atoms with Crippen molar-refractivity contribution in [3.63, 3.8) is 0 Å². The number of hydrogen-bond acceptors (Lipinski definition) is 4. The van der Waals surface area contributed by atoms with Crippen molar-refractivity contribution in [2.45, 2.75) is 0 Å². The zero-order valence-electron chi connectivity index (χ0n) is 6.67. The molecule has 0 heterocycles. The zero-order chi connectivity index (χ0) is 10.6. The van der Waals surface area contributed by atoms with Gasteiger partial charge in [0.2, 0.25) is 0 Å². The van der Waals surface area contributed by atoms with E-state index in [1.54, 1.807) is 68.3 Å². The van der Waals surface area contributed by atoms with E-state index in [-0.39, 0.29) is 0 Å². The van der Waals surface area contributed by atoms with Gasteiger partial charge in [0.05, 0.1) is 0 Å². The standard InChI is InChI=1S/C6H6I2O4P2/c7-13(9)11-5-3-1-2-4-6(5)12-14(8)10/h1-4,9-10H. The maximum absolute atomic E-state index is 9.08. The number of benzene rings is 1. The van der Waals surface area contributed by atoms with Gasteiger partial charge in [-0.2, -0.15) is 0 Å². The normalized spacial score (nSPS) is 14.6. The van der Waals surface area contributed by atoms with E-state index >= 15 is 0 Å². The molecule has 1 rings (SSSR count). The third-order valence-corrected chi connectivity index (χ3v) is 3.07. The van der Waals surface area contributed by atoms with Crippen LogP contribution >= 0.6 is 56.1 Å². The minimum Gasteiger partial charge on any atom is -0.436 e. The van der Waals surface area contributed by atoms with E-state index in [1.807, 2.05) is 0 Å². The molecule has 0 aromatic heterocycles. The molecule has 2 unspecified atom stereocenters. The Kier molecular flexibility index (Phi) is 6.19. The summed E-state index contributed by atoms with van der Waals surface area (Å²) < 4.78 is 10.2. The number of rotatable bonds is 4. The Balaban J connectivity index is 2.80. The predicted molar refractivity (Wildman–Crippen MR) is 74.0 cm³/mol. The smallest absolute Gasteiger partial charge is 0.296 e. The van der Waals surface area contributed by atoms with E-state index in [9.17, 15) is 0 Å². The van der Waals surface area contributed by atoms with E-state index in [0.717, 1.165) is 0 Å². The van der Waals surface area contributed by atoms with Crippen LogP contribution in [0.15, 0.2) is 24.3 Å².